The van der Waals surface area contributed by atoms with Gasteiger partial charge in [0.2, 0.25) is 0 Å². The molecule has 4 nitrogen and oxygen atoms in total. The molecule has 0 amide bonds. The van der Waals surface area contributed by atoms with E-state index in [1.807, 2.05) is 0 Å². The molecular formula is C9H14ClNO3. The van der Waals surface area contributed by atoms with Gasteiger partial charge in [-0.15, -0.1) is 0 Å². The Morgan fingerprint density at radius 3 is 2.86 bits per heavy atom. The number of carboxylic acids is 1. The van der Waals surface area contributed by atoms with E-state index >= 15 is 0 Å². The topological polar surface area (TPSA) is 60.8 Å². The summed E-state index contributed by atoms with van der Waals surface area (Å²) in [7, 11) is 0. The Bertz CT molecular complexity index is 260. The quantitative estimate of drug-likeness (QED) is 0.680. The van der Waals surface area contributed by atoms with Gasteiger partial charge in [0, 0.05) is 6.04 Å². The van der Waals surface area contributed by atoms with Gasteiger partial charge in [-0.1, -0.05) is 6.42 Å². The fourth-order valence-electron chi connectivity index (χ4n) is 2.73. The predicted octanol–water partition coefficient (Wildman–Crippen LogP) is 0.973. The van der Waals surface area contributed by atoms with Gasteiger partial charge in [-0.2, -0.15) is 0 Å². The second kappa shape index (κ2) is 3.36. The molecular weight excluding hydrogens is 206 g/mol. The summed E-state index contributed by atoms with van der Waals surface area (Å²) in [5.41, 5.74) is -1.12. The molecule has 0 aromatic heterocycles. The highest BCUT2D eigenvalue weighted by molar-refractivity contribution is 6.14. The Kier molecular flexibility index (Phi) is 2.45. The van der Waals surface area contributed by atoms with Crippen molar-refractivity contribution in [1.29, 1.82) is 0 Å². The molecule has 0 saturated carbocycles. The van der Waals surface area contributed by atoms with Crippen LogP contribution in [0.15, 0.2) is 0 Å². The van der Waals surface area contributed by atoms with Crippen LogP contribution in [0.5, 0.6) is 0 Å². The lowest BCUT2D eigenvalue weighted by atomic mass is 9.90. The van der Waals surface area contributed by atoms with Gasteiger partial charge in [0.05, 0.1) is 18.1 Å². The summed E-state index contributed by atoms with van der Waals surface area (Å²) in [6.07, 6.45) is 3.08. The number of aliphatic hydroxyl groups is 1. The molecule has 2 rings (SSSR count). The number of aliphatic carboxylic acids is 1. The van der Waals surface area contributed by atoms with Crippen LogP contribution in [0.25, 0.3) is 0 Å². The summed E-state index contributed by atoms with van der Waals surface area (Å²) in [5.74, 6) is -0.954. The number of nitrogens with zero attached hydrogens (tertiary/aromatic N) is 1. The van der Waals surface area contributed by atoms with Crippen molar-refractivity contribution in [2.75, 3.05) is 0 Å². The van der Waals surface area contributed by atoms with Crippen molar-refractivity contribution in [3.63, 3.8) is 0 Å². The number of halogens is 1. The molecule has 2 fully saturated rings. The van der Waals surface area contributed by atoms with Crippen molar-refractivity contribution in [3.8, 4) is 0 Å². The Morgan fingerprint density at radius 2 is 2.29 bits per heavy atom. The van der Waals surface area contributed by atoms with Gasteiger partial charge in [-0.25, -0.2) is 4.42 Å². The van der Waals surface area contributed by atoms with Crippen LogP contribution in [0, 0.1) is 0 Å². The minimum absolute atomic E-state index is 0.153. The van der Waals surface area contributed by atoms with Crippen LogP contribution in [0.1, 0.15) is 32.1 Å². The second-order valence-corrected chi connectivity index (χ2v) is 4.71. The minimum Gasteiger partial charge on any atom is -0.481 e. The first-order valence-electron chi connectivity index (χ1n) is 4.91. The van der Waals surface area contributed by atoms with Gasteiger partial charge in [-0.3, -0.25) is 4.79 Å². The zero-order valence-electron chi connectivity index (χ0n) is 7.82. The average molecular weight is 220 g/mol. The molecule has 2 heterocycles. The summed E-state index contributed by atoms with van der Waals surface area (Å²) >= 11 is 6.03. The number of hydrogen-bond acceptors (Lipinski definition) is 3. The normalized spacial score (nSPS) is 42.7. The Morgan fingerprint density at radius 1 is 1.57 bits per heavy atom. The number of rotatable bonds is 2. The van der Waals surface area contributed by atoms with E-state index in [0.29, 0.717) is 6.42 Å². The van der Waals surface area contributed by atoms with Crippen LogP contribution in [0.2, 0.25) is 0 Å². The van der Waals surface area contributed by atoms with Crippen molar-refractivity contribution >= 4 is 17.7 Å². The van der Waals surface area contributed by atoms with E-state index in [4.69, 9.17) is 16.9 Å². The molecule has 5 heteroatoms. The van der Waals surface area contributed by atoms with E-state index in [1.165, 1.54) is 0 Å². The Labute approximate surface area is 87.6 Å². The molecule has 0 radical (unpaired) electrons. The lowest BCUT2D eigenvalue weighted by molar-refractivity contribution is -0.143. The second-order valence-electron chi connectivity index (χ2n) is 4.32. The number of carbonyl (C=O) groups is 1. The van der Waals surface area contributed by atoms with Gasteiger partial charge in [0.1, 0.15) is 0 Å². The standard InChI is InChI=1S/C9H14ClNO3/c10-11-6-2-1-3-7(11)9(14,4-6)5-8(12)13/h6-7,14H,1-5H2,(H,12,13). The first-order chi connectivity index (χ1) is 6.53. The smallest absolute Gasteiger partial charge is 0.306 e. The summed E-state index contributed by atoms with van der Waals surface area (Å²) < 4.78 is 1.63. The van der Waals surface area contributed by atoms with Crippen LogP contribution in [0.3, 0.4) is 0 Å². The largest absolute Gasteiger partial charge is 0.481 e. The molecule has 2 N–H and O–H groups in total. The van der Waals surface area contributed by atoms with E-state index in [1.54, 1.807) is 4.42 Å². The molecule has 3 unspecified atom stereocenters. The van der Waals surface area contributed by atoms with Gasteiger partial charge in [0.25, 0.3) is 0 Å². The molecule has 2 saturated heterocycles. The maximum Gasteiger partial charge on any atom is 0.306 e. The molecule has 2 aliphatic rings. The molecule has 0 aromatic carbocycles. The molecule has 2 aliphatic heterocycles. The lowest BCUT2D eigenvalue weighted by Gasteiger charge is -2.32. The third-order valence-corrected chi connectivity index (χ3v) is 3.84. The monoisotopic (exact) mass is 219 g/mol. The first kappa shape index (κ1) is 10.2. The highest BCUT2D eigenvalue weighted by Gasteiger charge is 2.53. The van der Waals surface area contributed by atoms with Crippen molar-refractivity contribution < 1.29 is 15.0 Å². The summed E-state index contributed by atoms with van der Waals surface area (Å²) in [6, 6.07) is -0.0289. The van der Waals surface area contributed by atoms with Crippen molar-refractivity contribution in [2.24, 2.45) is 0 Å². The van der Waals surface area contributed by atoms with E-state index in [-0.39, 0.29) is 18.5 Å². The summed E-state index contributed by atoms with van der Waals surface area (Å²) in [6.45, 7) is 0. The van der Waals surface area contributed by atoms with Gasteiger partial charge in [0.15, 0.2) is 0 Å². The van der Waals surface area contributed by atoms with Crippen LogP contribution in [-0.4, -0.2) is 38.3 Å². The number of fused-ring (bicyclic) bond motifs is 2. The van der Waals surface area contributed by atoms with Crippen LogP contribution >= 0.6 is 11.8 Å². The Balaban J connectivity index is 2.17. The summed E-state index contributed by atoms with van der Waals surface area (Å²) in [5, 5.41) is 18.9. The SMILES string of the molecule is O=C(O)CC1(O)CC2CCCC1N2Cl. The van der Waals surface area contributed by atoms with E-state index in [2.05, 4.69) is 0 Å². The molecule has 3 atom stereocenters. The van der Waals surface area contributed by atoms with Crippen molar-refractivity contribution in [2.45, 2.75) is 49.8 Å². The van der Waals surface area contributed by atoms with Crippen LogP contribution in [-0.2, 0) is 4.79 Å². The average Bonchev–Trinajstić information content (AvgIpc) is 2.24. The molecule has 14 heavy (non-hydrogen) atoms. The lowest BCUT2D eigenvalue weighted by Crippen LogP contribution is -2.44. The van der Waals surface area contributed by atoms with Gasteiger partial charge < -0.3 is 10.2 Å². The van der Waals surface area contributed by atoms with E-state index < -0.39 is 11.6 Å². The van der Waals surface area contributed by atoms with E-state index in [9.17, 15) is 9.90 Å². The molecule has 0 spiro atoms. The van der Waals surface area contributed by atoms with Crippen molar-refractivity contribution in [3.05, 3.63) is 0 Å². The molecule has 2 bridgehead atoms. The number of carboxylic acid groups (broad SMARTS) is 1. The van der Waals surface area contributed by atoms with Crippen LogP contribution < -0.4 is 0 Å². The maximum atomic E-state index is 10.6. The molecule has 0 aromatic rings. The highest BCUT2D eigenvalue weighted by Crippen LogP contribution is 2.44. The van der Waals surface area contributed by atoms with Gasteiger partial charge in [-0.05, 0) is 31.0 Å². The summed E-state index contributed by atoms with van der Waals surface area (Å²) in [4.78, 5) is 10.6. The number of piperidine rings is 1. The maximum absolute atomic E-state index is 10.6. The number of hydrogen-bond donors (Lipinski definition) is 2. The zero-order valence-corrected chi connectivity index (χ0v) is 8.57. The van der Waals surface area contributed by atoms with Gasteiger partial charge >= 0.3 is 5.97 Å². The Hall–Kier alpha value is -0.320. The third kappa shape index (κ3) is 1.51. The highest BCUT2D eigenvalue weighted by atomic mass is 35.5. The fraction of sp³-hybridized carbons (Fsp3) is 0.889. The third-order valence-electron chi connectivity index (χ3n) is 3.33. The van der Waals surface area contributed by atoms with Crippen LogP contribution in [0.4, 0.5) is 0 Å². The molecule has 0 aliphatic carbocycles. The zero-order chi connectivity index (χ0) is 10.3. The van der Waals surface area contributed by atoms with Crippen molar-refractivity contribution in [1.82, 2.24) is 4.42 Å². The predicted molar refractivity (Wildman–Crippen MR) is 50.9 cm³/mol. The minimum atomic E-state index is -1.12. The van der Waals surface area contributed by atoms with E-state index in [0.717, 1.165) is 19.3 Å². The fourth-order valence-corrected chi connectivity index (χ4v) is 3.18. The first-order valence-corrected chi connectivity index (χ1v) is 5.25. The molecule has 80 valence electrons.